The lowest BCUT2D eigenvalue weighted by molar-refractivity contribution is 0.0884. The third kappa shape index (κ3) is 2.66. The lowest BCUT2D eigenvalue weighted by atomic mass is 9.54. The van der Waals surface area contributed by atoms with E-state index in [0.717, 1.165) is 12.8 Å². The quantitative estimate of drug-likeness (QED) is 0.541. The number of allylic oxidation sites excluding steroid dienone is 2. The van der Waals surface area contributed by atoms with Crippen molar-refractivity contribution in [3.8, 4) is 5.75 Å². The molecule has 4 heteroatoms. The highest BCUT2D eigenvalue weighted by atomic mass is 16.7. The summed E-state index contributed by atoms with van der Waals surface area (Å²) < 4.78 is 4.87. The van der Waals surface area contributed by atoms with Gasteiger partial charge in [-0.2, -0.15) is 0 Å². The van der Waals surface area contributed by atoms with E-state index in [-0.39, 0.29) is 5.41 Å². The summed E-state index contributed by atoms with van der Waals surface area (Å²) in [6.07, 6.45) is 10.8. The first kappa shape index (κ1) is 17.5. The van der Waals surface area contributed by atoms with Gasteiger partial charge in [0.1, 0.15) is 5.75 Å². The molecule has 144 valence electrons. The minimum absolute atomic E-state index is 0.230. The standard InChI is InChI=1S/C24H25NO3/c1-24-11-10-19-18-7-5-17(28-23(26)27)13-15(18)4-6-20(19)22(24)9-8-21(24)16-3-2-12-25-14-16/h2-3,5,7-8,12-14,19-20,22H,4,6,9-11H2,1H3,(H,26,27)/t19-,20-,22+,24-/m1/s1. The van der Waals surface area contributed by atoms with Gasteiger partial charge in [-0.15, -0.1) is 0 Å². The number of pyridine rings is 1. The van der Waals surface area contributed by atoms with Crippen molar-refractivity contribution >= 4 is 11.7 Å². The SMILES string of the molecule is C[C@]12CC[C@@H]3c4ccc(OC(=O)O)cc4CC[C@H]3[C@@H]1CC=C2c1cccnc1. The Morgan fingerprint density at radius 2 is 2.18 bits per heavy atom. The van der Waals surface area contributed by atoms with Gasteiger partial charge in [0.15, 0.2) is 0 Å². The summed E-state index contributed by atoms with van der Waals surface area (Å²) in [6, 6.07) is 10.1. The number of benzene rings is 1. The fourth-order valence-electron chi connectivity index (χ4n) is 6.26. The van der Waals surface area contributed by atoms with Crippen molar-refractivity contribution in [2.24, 2.45) is 17.3 Å². The van der Waals surface area contributed by atoms with Gasteiger partial charge in [-0.05, 0) is 95.7 Å². The summed E-state index contributed by atoms with van der Waals surface area (Å²) in [5.74, 6) is 2.36. The molecule has 3 aliphatic rings. The molecule has 0 saturated heterocycles. The van der Waals surface area contributed by atoms with Crippen LogP contribution in [0, 0.1) is 17.3 Å². The van der Waals surface area contributed by atoms with Gasteiger partial charge in [-0.25, -0.2) is 4.79 Å². The molecule has 4 atom stereocenters. The lowest BCUT2D eigenvalue weighted by Gasteiger charge is -2.50. The Labute approximate surface area is 165 Å². The highest BCUT2D eigenvalue weighted by Crippen LogP contribution is 2.63. The first-order chi connectivity index (χ1) is 13.6. The van der Waals surface area contributed by atoms with E-state index in [1.54, 1.807) is 0 Å². The third-order valence-electron chi connectivity index (χ3n) is 7.46. The van der Waals surface area contributed by atoms with E-state index < -0.39 is 6.16 Å². The van der Waals surface area contributed by atoms with Crippen LogP contribution in [0.1, 0.15) is 55.2 Å². The number of hydrogen-bond donors (Lipinski definition) is 1. The van der Waals surface area contributed by atoms with Crippen LogP contribution in [0.25, 0.3) is 5.57 Å². The number of aryl methyl sites for hydroxylation is 1. The molecule has 0 unspecified atom stereocenters. The van der Waals surface area contributed by atoms with Gasteiger partial charge < -0.3 is 9.84 Å². The fourth-order valence-corrected chi connectivity index (χ4v) is 6.26. The second-order valence-electron chi connectivity index (χ2n) is 8.70. The van der Waals surface area contributed by atoms with E-state index in [1.165, 1.54) is 41.5 Å². The predicted octanol–water partition coefficient (Wildman–Crippen LogP) is 5.69. The first-order valence-corrected chi connectivity index (χ1v) is 10.2. The fraction of sp³-hybridized carbons (Fsp3) is 0.417. The van der Waals surface area contributed by atoms with E-state index in [0.29, 0.717) is 23.5 Å². The molecule has 1 saturated carbocycles. The Balaban J connectivity index is 1.43. The van der Waals surface area contributed by atoms with Crippen LogP contribution in [0.4, 0.5) is 4.79 Å². The van der Waals surface area contributed by atoms with Gasteiger partial charge in [0.25, 0.3) is 0 Å². The largest absolute Gasteiger partial charge is 0.511 e. The molecule has 0 radical (unpaired) electrons. The first-order valence-electron chi connectivity index (χ1n) is 10.2. The van der Waals surface area contributed by atoms with Crippen molar-refractivity contribution in [2.75, 3.05) is 0 Å². The van der Waals surface area contributed by atoms with E-state index in [9.17, 15) is 4.79 Å². The molecule has 0 amide bonds. The number of carboxylic acid groups (broad SMARTS) is 1. The van der Waals surface area contributed by atoms with E-state index in [2.05, 4.69) is 30.1 Å². The number of ether oxygens (including phenoxy) is 1. The van der Waals surface area contributed by atoms with E-state index >= 15 is 0 Å². The molecular formula is C24H25NO3. The lowest BCUT2D eigenvalue weighted by Crippen LogP contribution is -2.40. The second-order valence-corrected chi connectivity index (χ2v) is 8.70. The monoisotopic (exact) mass is 375 g/mol. The van der Waals surface area contributed by atoms with Crippen molar-refractivity contribution in [3.05, 3.63) is 65.5 Å². The van der Waals surface area contributed by atoms with Gasteiger partial charge in [0, 0.05) is 12.4 Å². The predicted molar refractivity (Wildman–Crippen MR) is 107 cm³/mol. The number of nitrogens with zero attached hydrogens (tertiary/aromatic N) is 1. The zero-order valence-electron chi connectivity index (χ0n) is 16.1. The highest BCUT2D eigenvalue weighted by Gasteiger charge is 2.51. The maximum Gasteiger partial charge on any atom is 0.511 e. The van der Waals surface area contributed by atoms with Crippen molar-refractivity contribution < 1.29 is 14.6 Å². The molecule has 2 aromatic rings. The van der Waals surface area contributed by atoms with Crippen LogP contribution in [0.15, 0.2) is 48.8 Å². The molecule has 4 nitrogen and oxygen atoms in total. The summed E-state index contributed by atoms with van der Waals surface area (Å²) in [6.45, 7) is 2.46. The Morgan fingerprint density at radius 1 is 1.29 bits per heavy atom. The van der Waals surface area contributed by atoms with Crippen molar-refractivity contribution in [2.45, 2.75) is 44.9 Å². The van der Waals surface area contributed by atoms with Gasteiger partial charge in [-0.3, -0.25) is 4.98 Å². The highest BCUT2D eigenvalue weighted by molar-refractivity contribution is 5.72. The maximum atomic E-state index is 10.8. The number of fused-ring (bicyclic) bond motifs is 5. The van der Waals surface area contributed by atoms with Crippen LogP contribution in [-0.4, -0.2) is 16.2 Å². The Morgan fingerprint density at radius 3 is 2.96 bits per heavy atom. The minimum atomic E-state index is -1.25. The molecule has 28 heavy (non-hydrogen) atoms. The summed E-state index contributed by atoms with van der Waals surface area (Å²) in [7, 11) is 0. The molecular weight excluding hydrogens is 350 g/mol. The van der Waals surface area contributed by atoms with Crippen LogP contribution in [0.5, 0.6) is 5.75 Å². The number of aromatic nitrogens is 1. The number of carbonyl (C=O) groups is 1. The normalized spacial score (nSPS) is 30.6. The third-order valence-corrected chi connectivity index (χ3v) is 7.46. The molecule has 0 bridgehead atoms. The maximum absolute atomic E-state index is 10.8. The van der Waals surface area contributed by atoms with Crippen molar-refractivity contribution in [1.29, 1.82) is 0 Å². The second kappa shape index (κ2) is 6.47. The van der Waals surface area contributed by atoms with Crippen LogP contribution in [-0.2, 0) is 6.42 Å². The van der Waals surface area contributed by atoms with Gasteiger partial charge >= 0.3 is 6.16 Å². The molecule has 1 N–H and O–H groups in total. The Hall–Kier alpha value is -2.62. The number of hydrogen-bond acceptors (Lipinski definition) is 3. The molecule has 1 aromatic carbocycles. The molecule has 0 aliphatic heterocycles. The molecule has 1 fully saturated rings. The Kier molecular flexibility index (Phi) is 4.04. The topological polar surface area (TPSA) is 59.4 Å². The van der Waals surface area contributed by atoms with Gasteiger partial charge in [-0.1, -0.05) is 25.1 Å². The summed E-state index contributed by atoms with van der Waals surface area (Å²) in [5, 5.41) is 8.88. The van der Waals surface area contributed by atoms with Crippen LogP contribution >= 0.6 is 0 Å². The smallest absolute Gasteiger partial charge is 0.449 e. The van der Waals surface area contributed by atoms with Gasteiger partial charge in [0.2, 0.25) is 0 Å². The molecule has 5 rings (SSSR count). The van der Waals surface area contributed by atoms with Gasteiger partial charge in [0.05, 0.1) is 0 Å². The zero-order valence-corrected chi connectivity index (χ0v) is 16.1. The van der Waals surface area contributed by atoms with Crippen molar-refractivity contribution in [3.63, 3.8) is 0 Å². The molecule has 0 spiro atoms. The summed E-state index contributed by atoms with van der Waals surface area (Å²) >= 11 is 0. The zero-order chi connectivity index (χ0) is 19.3. The minimum Gasteiger partial charge on any atom is -0.449 e. The molecule has 1 heterocycles. The number of rotatable bonds is 2. The van der Waals surface area contributed by atoms with Crippen LogP contribution in [0.2, 0.25) is 0 Å². The summed E-state index contributed by atoms with van der Waals surface area (Å²) in [4.78, 5) is 15.2. The average molecular weight is 375 g/mol. The Bertz CT molecular complexity index is 952. The molecule has 3 aliphatic carbocycles. The van der Waals surface area contributed by atoms with E-state index in [4.69, 9.17) is 9.84 Å². The van der Waals surface area contributed by atoms with Crippen LogP contribution < -0.4 is 4.74 Å². The van der Waals surface area contributed by atoms with E-state index in [1.807, 2.05) is 30.6 Å². The van der Waals surface area contributed by atoms with Crippen molar-refractivity contribution in [1.82, 2.24) is 4.98 Å². The molecule has 1 aromatic heterocycles. The van der Waals surface area contributed by atoms with Crippen LogP contribution in [0.3, 0.4) is 0 Å². The average Bonchev–Trinajstić information content (AvgIpc) is 3.05. The summed E-state index contributed by atoms with van der Waals surface area (Å²) in [5.41, 5.74) is 5.67.